The lowest BCUT2D eigenvalue weighted by molar-refractivity contribution is -0.245. The fourth-order valence-corrected chi connectivity index (χ4v) is 5.55. The fraction of sp³-hybridized carbons (Fsp3) is 0.188. The first kappa shape index (κ1) is 32.1. The standard InChI is InChI=1S/C32H24F5NO6S/c33-25-24(26(34)28(36)29(37)27(25)35)30(40)38-20-9-5-19(6-10-20)32-43-21(15-45-22-11-7-18(8-12-22)31(41)42)13-23(44-32)17-3-1-16(14-39)2-4-17/h1-12,21,23,32,39H,13-15H2,(H,38,40)(H,41,42). The number of aromatic carboxylic acids is 1. The van der Waals surface area contributed by atoms with Crippen molar-refractivity contribution in [3.63, 3.8) is 0 Å². The van der Waals surface area contributed by atoms with Crippen LogP contribution < -0.4 is 5.32 Å². The number of thioether (sulfide) groups is 1. The summed E-state index contributed by atoms with van der Waals surface area (Å²) in [7, 11) is 0. The van der Waals surface area contributed by atoms with Gasteiger partial charge in [0.2, 0.25) is 5.82 Å². The van der Waals surface area contributed by atoms with Crippen LogP contribution in [0.2, 0.25) is 0 Å². The number of amides is 1. The Hall–Kier alpha value is -4.30. The van der Waals surface area contributed by atoms with Gasteiger partial charge in [-0.2, -0.15) is 0 Å². The molecular formula is C32H24F5NO6S. The smallest absolute Gasteiger partial charge is 0.335 e. The minimum Gasteiger partial charge on any atom is -0.478 e. The number of hydrogen-bond donors (Lipinski definition) is 3. The van der Waals surface area contributed by atoms with E-state index in [1.54, 1.807) is 24.3 Å². The molecule has 3 unspecified atom stereocenters. The molecule has 45 heavy (non-hydrogen) atoms. The minimum absolute atomic E-state index is 0.0107. The zero-order valence-corrected chi connectivity index (χ0v) is 23.9. The summed E-state index contributed by atoms with van der Waals surface area (Å²) in [5, 5.41) is 20.7. The maximum atomic E-state index is 14.1. The van der Waals surface area contributed by atoms with E-state index in [0.29, 0.717) is 17.7 Å². The number of carbonyl (C=O) groups is 2. The fourth-order valence-electron chi connectivity index (χ4n) is 4.63. The van der Waals surface area contributed by atoms with Gasteiger partial charge in [-0.3, -0.25) is 4.79 Å². The maximum Gasteiger partial charge on any atom is 0.335 e. The highest BCUT2D eigenvalue weighted by Gasteiger charge is 2.33. The van der Waals surface area contributed by atoms with Crippen molar-refractivity contribution in [2.75, 3.05) is 11.1 Å². The van der Waals surface area contributed by atoms with E-state index in [0.717, 1.165) is 16.0 Å². The van der Waals surface area contributed by atoms with Gasteiger partial charge < -0.3 is 25.0 Å². The third-order valence-corrected chi connectivity index (χ3v) is 8.17. The van der Waals surface area contributed by atoms with Gasteiger partial charge in [0, 0.05) is 28.3 Å². The largest absolute Gasteiger partial charge is 0.478 e. The van der Waals surface area contributed by atoms with Gasteiger partial charge in [0.25, 0.3) is 5.91 Å². The van der Waals surface area contributed by atoms with Crippen LogP contribution in [0.4, 0.5) is 27.6 Å². The molecule has 1 fully saturated rings. The molecule has 13 heteroatoms. The Kier molecular flexibility index (Phi) is 9.83. The molecule has 5 rings (SSSR count). The predicted octanol–water partition coefficient (Wildman–Crippen LogP) is 7.16. The van der Waals surface area contributed by atoms with Gasteiger partial charge >= 0.3 is 5.97 Å². The van der Waals surface area contributed by atoms with Crippen LogP contribution in [-0.4, -0.2) is 33.9 Å². The Morgan fingerprint density at radius 1 is 0.778 bits per heavy atom. The molecule has 3 N–H and O–H groups in total. The van der Waals surface area contributed by atoms with Crippen LogP contribution in [0.5, 0.6) is 0 Å². The van der Waals surface area contributed by atoms with Crippen molar-refractivity contribution in [3.05, 3.63) is 130 Å². The number of halogens is 5. The van der Waals surface area contributed by atoms with Crippen molar-refractivity contribution in [2.45, 2.75) is 36.4 Å². The number of aliphatic hydroxyl groups excluding tert-OH is 1. The highest BCUT2D eigenvalue weighted by atomic mass is 32.2. The number of carboxylic acids is 1. The molecule has 3 atom stereocenters. The molecule has 1 aliphatic heterocycles. The summed E-state index contributed by atoms with van der Waals surface area (Å²) in [6, 6.07) is 19.4. The third-order valence-electron chi connectivity index (χ3n) is 7.03. The van der Waals surface area contributed by atoms with Gasteiger partial charge in [0.1, 0.15) is 5.56 Å². The van der Waals surface area contributed by atoms with Gasteiger partial charge in [0.05, 0.1) is 24.4 Å². The molecular weight excluding hydrogens is 621 g/mol. The summed E-state index contributed by atoms with van der Waals surface area (Å²) in [5.41, 5.74) is 0.650. The predicted molar refractivity (Wildman–Crippen MR) is 153 cm³/mol. The normalized spacial score (nSPS) is 18.0. The summed E-state index contributed by atoms with van der Waals surface area (Å²) < 4.78 is 81.2. The minimum atomic E-state index is -2.37. The Morgan fingerprint density at radius 2 is 1.36 bits per heavy atom. The van der Waals surface area contributed by atoms with Crippen LogP contribution in [0.3, 0.4) is 0 Å². The average Bonchev–Trinajstić information content (AvgIpc) is 3.06. The van der Waals surface area contributed by atoms with E-state index >= 15 is 0 Å². The van der Waals surface area contributed by atoms with E-state index in [1.807, 2.05) is 12.1 Å². The zero-order chi connectivity index (χ0) is 32.2. The second-order valence-electron chi connectivity index (χ2n) is 10.0. The Bertz CT molecular complexity index is 1670. The average molecular weight is 646 g/mol. The molecule has 0 aromatic heterocycles. The van der Waals surface area contributed by atoms with E-state index in [9.17, 15) is 36.6 Å². The second-order valence-corrected chi connectivity index (χ2v) is 11.1. The molecule has 1 saturated heterocycles. The number of aliphatic hydroxyl groups is 1. The number of nitrogens with one attached hydrogen (secondary N) is 1. The van der Waals surface area contributed by atoms with E-state index in [1.165, 1.54) is 48.2 Å². The van der Waals surface area contributed by atoms with Gasteiger partial charge in [-0.05, 0) is 47.5 Å². The van der Waals surface area contributed by atoms with Crippen LogP contribution in [0, 0.1) is 29.1 Å². The monoisotopic (exact) mass is 645 g/mol. The van der Waals surface area contributed by atoms with Crippen molar-refractivity contribution in [1.29, 1.82) is 0 Å². The van der Waals surface area contributed by atoms with Crippen molar-refractivity contribution < 1.29 is 51.2 Å². The number of hydrogen-bond acceptors (Lipinski definition) is 6. The molecule has 234 valence electrons. The molecule has 1 heterocycles. The van der Waals surface area contributed by atoms with Crippen molar-refractivity contribution in [3.8, 4) is 0 Å². The van der Waals surface area contributed by atoms with Gasteiger partial charge in [-0.25, -0.2) is 26.7 Å². The molecule has 1 amide bonds. The molecule has 0 bridgehead atoms. The zero-order valence-electron chi connectivity index (χ0n) is 23.1. The highest BCUT2D eigenvalue weighted by molar-refractivity contribution is 7.99. The number of carboxylic acid groups (broad SMARTS) is 1. The van der Waals surface area contributed by atoms with Crippen molar-refractivity contribution >= 4 is 29.3 Å². The van der Waals surface area contributed by atoms with Gasteiger partial charge in [0.15, 0.2) is 29.6 Å². The summed E-state index contributed by atoms with van der Waals surface area (Å²) >= 11 is 1.47. The molecule has 4 aromatic carbocycles. The number of anilines is 1. The lowest BCUT2D eigenvalue weighted by Crippen LogP contribution is -2.31. The van der Waals surface area contributed by atoms with E-state index in [2.05, 4.69) is 5.32 Å². The number of rotatable bonds is 9. The van der Waals surface area contributed by atoms with E-state index in [-0.39, 0.29) is 24.0 Å². The topological polar surface area (TPSA) is 105 Å². The van der Waals surface area contributed by atoms with Crippen LogP contribution in [-0.2, 0) is 16.1 Å². The SMILES string of the molecule is O=C(O)c1ccc(SCC2CC(c3ccc(CO)cc3)OC(c3ccc(NC(=O)c4c(F)c(F)c(F)c(F)c4F)cc3)O2)cc1. The third kappa shape index (κ3) is 7.17. The summed E-state index contributed by atoms with van der Waals surface area (Å²) in [5.74, 6) is -13.4. The van der Waals surface area contributed by atoms with Crippen molar-refractivity contribution in [2.24, 2.45) is 0 Å². The Morgan fingerprint density at radius 3 is 1.93 bits per heavy atom. The first-order valence-electron chi connectivity index (χ1n) is 13.4. The van der Waals surface area contributed by atoms with Crippen LogP contribution in [0.15, 0.2) is 77.7 Å². The maximum absolute atomic E-state index is 14.1. The summed E-state index contributed by atoms with van der Waals surface area (Å²) in [6.07, 6.45) is -1.15. The molecule has 0 spiro atoms. The van der Waals surface area contributed by atoms with E-state index < -0.39 is 58.9 Å². The Labute approximate surface area is 257 Å². The van der Waals surface area contributed by atoms with Gasteiger partial charge in [-0.15, -0.1) is 11.8 Å². The summed E-state index contributed by atoms with van der Waals surface area (Å²) in [6.45, 7) is -0.120. The van der Waals surface area contributed by atoms with Crippen LogP contribution in [0.1, 0.15) is 56.2 Å². The molecule has 0 aliphatic carbocycles. The second kappa shape index (κ2) is 13.8. The van der Waals surface area contributed by atoms with E-state index in [4.69, 9.17) is 14.6 Å². The lowest BCUT2D eigenvalue weighted by Gasteiger charge is -2.36. The van der Waals surface area contributed by atoms with Crippen molar-refractivity contribution in [1.82, 2.24) is 0 Å². The summed E-state index contributed by atoms with van der Waals surface area (Å²) in [4.78, 5) is 24.4. The quantitative estimate of drug-likeness (QED) is 0.0768. The number of benzene rings is 4. The lowest BCUT2D eigenvalue weighted by atomic mass is 10.0. The Balaban J connectivity index is 1.33. The number of carbonyl (C=O) groups excluding carboxylic acids is 1. The van der Waals surface area contributed by atoms with Crippen LogP contribution in [0.25, 0.3) is 0 Å². The molecule has 0 saturated carbocycles. The van der Waals surface area contributed by atoms with Crippen LogP contribution >= 0.6 is 11.8 Å². The molecule has 0 radical (unpaired) electrons. The molecule has 1 aliphatic rings. The highest BCUT2D eigenvalue weighted by Crippen LogP contribution is 2.40. The first-order valence-corrected chi connectivity index (χ1v) is 14.4. The molecule has 4 aromatic rings. The molecule has 7 nitrogen and oxygen atoms in total. The number of ether oxygens (including phenoxy) is 2. The first-order chi connectivity index (χ1) is 21.5. The van der Waals surface area contributed by atoms with Gasteiger partial charge in [-0.1, -0.05) is 36.4 Å².